The standard InChI is InChI=1S/C13H23F3NO5PS/c1-6-10(11(18)19)17(12(20)13(14,15)16)7-23(24,21-8(2)3)22-9(4)5/h8-10H,6-7H2,1-5H3,(H,18,19). The number of carboxylic acid groups (broad SMARTS) is 1. The van der Waals surface area contributed by atoms with Crippen LogP contribution in [0.1, 0.15) is 41.0 Å². The third-order valence-electron chi connectivity index (χ3n) is 2.62. The zero-order valence-corrected chi connectivity index (χ0v) is 15.9. The fraction of sp³-hybridized carbons (Fsp3) is 0.846. The molecule has 142 valence electrons. The lowest BCUT2D eigenvalue weighted by atomic mass is 10.2. The monoisotopic (exact) mass is 393 g/mol. The summed E-state index contributed by atoms with van der Waals surface area (Å²) in [7, 11) is 0. The van der Waals surface area contributed by atoms with E-state index in [-0.39, 0.29) is 11.3 Å². The summed E-state index contributed by atoms with van der Waals surface area (Å²) < 4.78 is 49.5. The van der Waals surface area contributed by atoms with Gasteiger partial charge in [-0.1, -0.05) is 6.92 Å². The Bertz CT molecular complexity index is 484. The van der Waals surface area contributed by atoms with E-state index in [1.165, 1.54) is 6.92 Å². The van der Waals surface area contributed by atoms with Crippen LogP contribution in [-0.2, 0) is 30.4 Å². The number of nitrogens with zero attached hydrogens (tertiary/aromatic N) is 1. The van der Waals surface area contributed by atoms with E-state index < -0.39 is 49.1 Å². The van der Waals surface area contributed by atoms with Gasteiger partial charge in [-0.2, -0.15) is 13.2 Å². The Morgan fingerprint density at radius 3 is 1.83 bits per heavy atom. The van der Waals surface area contributed by atoms with Crippen LogP contribution < -0.4 is 0 Å². The van der Waals surface area contributed by atoms with Gasteiger partial charge in [-0.15, -0.1) is 0 Å². The van der Waals surface area contributed by atoms with E-state index in [0.717, 1.165) is 0 Å². The minimum absolute atomic E-state index is 0.202. The molecule has 11 heteroatoms. The summed E-state index contributed by atoms with van der Waals surface area (Å²) >= 11 is 5.24. The molecule has 0 aromatic carbocycles. The highest BCUT2D eigenvalue weighted by Crippen LogP contribution is 2.52. The van der Waals surface area contributed by atoms with Gasteiger partial charge in [0.25, 0.3) is 0 Å². The summed E-state index contributed by atoms with van der Waals surface area (Å²) in [5, 5.41) is 9.15. The number of aliphatic carboxylic acids is 1. The lowest BCUT2D eigenvalue weighted by Crippen LogP contribution is -2.50. The van der Waals surface area contributed by atoms with Crippen LogP contribution in [0.25, 0.3) is 0 Å². The van der Waals surface area contributed by atoms with E-state index in [0.29, 0.717) is 0 Å². The minimum Gasteiger partial charge on any atom is -0.480 e. The molecule has 0 fully saturated rings. The highest BCUT2D eigenvalue weighted by atomic mass is 32.5. The number of hydrogen-bond donors (Lipinski definition) is 1. The molecule has 0 aliphatic carbocycles. The second-order valence-electron chi connectivity index (χ2n) is 5.60. The Morgan fingerprint density at radius 1 is 1.17 bits per heavy atom. The highest BCUT2D eigenvalue weighted by Gasteiger charge is 2.47. The lowest BCUT2D eigenvalue weighted by molar-refractivity contribution is -0.188. The number of carboxylic acids is 1. The second kappa shape index (κ2) is 9.12. The molecule has 0 aliphatic rings. The van der Waals surface area contributed by atoms with Crippen molar-refractivity contribution in [3.8, 4) is 0 Å². The van der Waals surface area contributed by atoms with Gasteiger partial charge in [0.1, 0.15) is 6.04 Å². The molecule has 0 aromatic rings. The summed E-state index contributed by atoms with van der Waals surface area (Å²) in [6, 6.07) is -1.67. The van der Waals surface area contributed by atoms with Crippen LogP contribution in [0, 0.1) is 0 Å². The van der Waals surface area contributed by atoms with Gasteiger partial charge >= 0.3 is 18.1 Å². The fourth-order valence-electron chi connectivity index (χ4n) is 1.92. The fourth-order valence-corrected chi connectivity index (χ4v) is 5.49. The first kappa shape index (κ1) is 23.3. The number of carbonyl (C=O) groups excluding carboxylic acids is 1. The van der Waals surface area contributed by atoms with Gasteiger partial charge in [0.2, 0.25) is 6.49 Å². The van der Waals surface area contributed by atoms with E-state index in [2.05, 4.69) is 0 Å². The van der Waals surface area contributed by atoms with Crippen molar-refractivity contribution in [2.45, 2.75) is 65.5 Å². The predicted molar refractivity (Wildman–Crippen MR) is 86.2 cm³/mol. The van der Waals surface area contributed by atoms with Crippen molar-refractivity contribution in [2.75, 3.05) is 6.29 Å². The summed E-state index contributed by atoms with van der Waals surface area (Å²) in [6.45, 7) is 4.50. The van der Waals surface area contributed by atoms with Crippen LogP contribution in [0.5, 0.6) is 0 Å². The SMILES string of the molecule is CCC(C(=O)O)N(CP(=S)(OC(C)C)OC(C)C)C(=O)C(F)(F)F. The Kier molecular flexibility index (Phi) is 8.86. The van der Waals surface area contributed by atoms with Gasteiger partial charge in [0, 0.05) is 0 Å². The van der Waals surface area contributed by atoms with Crippen molar-refractivity contribution in [1.29, 1.82) is 0 Å². The molecule has 1 unspecified atom stereocenters. The van der Waals surface area contributed by atoms with Gasteiger partial charge in [-0.05, 0) is 45.9 Å². The molecule has 6 nitrogen and oxygen atoms in total. The molecular formula is C13H23F3NO5PS. The number of hydrogen-bond acceptors (Lipinski definition) is 5. The number of halogens is 3. The number of rotatable bonds is 9. The number of alkyl halides is 3. The smallest absolute Gasteiger partial charge is 0.471 e. The van der Waals surface area contributed by atoms with Crippen molar-refractivity contribution in [1.82, 2.24) is 4.90 Å². The third-order valence-corrected chi connectivity index (χ3v) is 5.62. The van der Waals surface area contributed by atoms with Gasteiger partial charge in [0.15, 0.2) is 0 Å². The Labute approximate surface area is 144 Å². The first-order valence-electron chi connectivity index (χ1n) is 7.30. The van der Waals surface area contributed by atoms with Crippen LogP contribution >= 0.6 is 6.49 Å². The third kappa shape index (κ3) is 7.46. The number of carbonyl (C=O) groups is 2. The molecule has 0 aliphatic heterocycles. The van der Waals surface area contributed by atoms with Gasteiger partial charge in [-0.25, -0.2) is 4.79 Å². The summed E-state index contributed by atoms with van der Waals surface area (Å²) in [6.07, 6.45) is -7.08. The highest BCUT2D eigenvalue weighted by molar-refractivity contribution is 8.09. The van der Waals surface area contributed by atoms with Crippen molar-refractivity contribution in [2.24, 2.45) is 0 Å². The Balaban J connectivity index is 5.81. The van der Waals surface area contributed by atoms with E-state index in [1.54, 1.807) is 27.7 Å². The van der Waals surface area contributed by atoms with E-state index >= 15 is 0 Å². The molecule has 1 atom stereocenters. The second-order valence-corrected chi connectivity index (χ2v) is 9.19. The zero-order valence-electron chi connectivity index (χ0n) is 14.2. The van der Waals surface area contributed by atoms with E-state index in [4.69, 9.17) is 26.0 Å². The Hall–Kier alpha value is -0.700. The van der Waals surface area contributed by atoms with Gasteiger partial charge in [0.05, 0.1) is 18.5 Å². The zero-order chi connectivity index (χ0) is 19.3. The molecule has 0 saturated carbocycles. The molecular weight excluding hydrogens is 370 g/mol. The molecule has 0 saturated heterocycles. The van der Waals surface area contributed by atoms with E-state index in [9.17, 15) is 22.8 Å². The van der Waals surface area contributed by atoms with Crippen LogP contribution in [0.15, 0.2) is 0 Å². The van der Waals surface area contributed by atoms with Crippen LogP contribution in [0.3, 0.4) is 0 Å². The molecule has 24 heavy (non-hydrogen) atoms. The molecule has 1 amide bonds. The molecule has 0 bridgehead atoms. The predicted octanol–water partition coefficient (Wildman–Crippen LogP) is 3.36. The quantitative estimate of drug-likeness (QED) is 0.606. The van der Waals surface area contributed by atoms with Crippen LogP contribution in [0.2, 0.25) is 0 Å². The molecule has 0 spiro atoms. The van der Waals surface area contributed by atoms with Crippen molar-refractivity contribution in [3.63, 3.8) is 0 Å². The molecule has 0 radical (unpaired) electrons. The maximum atomic E-state index is 12.9. The minimum atomic E-state index is -5.22. The first-order chi connectivity index (χ1) is 10.7. The molecule has 0 aromatic heterocycles. The van der Waals surface area contributed by atoms with Crippen LogP contribution in [0.4, 0.5) is 13.2 Å². The maximum Gasteiger partial charge on any atom is 0.471 e. The normalized spacial score (nSPS) is 14.1. The number of amides is 1. The molecule has 1 N–H and O–H groups in total. The largest absolute Gasteiger partial charge is 0.480 e. The van der Waals surface area contributed by atoms with Crippen molar-refractivity contribution >= 4 is 30.2 Å². The lowest BCUT2D eigenvalue weighted by Gasteiger charge is -2.35. The summed E-state index contributed by atoms with van der Waals surface area (Å²) in [5.74, 6) is -3.82. The average molecular weight is 393 g/mol. The van der Waals surface area contributed by atoms with Crippen molar-refractivity contribution in [3.05, 3.63) is 0 Å². The molecule has 0 heterocycles. The van der Waals surface area contributed by atoms with E-state index in [1.807, 2.05) is 0 Å². The topological polar surface area (TPSA) is 76.1 Å². The summed E-state index contributed by atoms with van der Waals surface area (Å²) in [5.41, 5.74) is 0. The first-order valence-corrected chi connectivity index (χ1v) is 10.1. The van der Waals surface area contributed by atoms with Gasteiger partial charge in [-0.3, -0.25) is 4.79 Å². The van der Waals surface area contributed by atoms with Crippen molar-refractivity contribution < 1.29 is 36.9 Å². The summed E-state index contributed by atoms with van der Waals surface area (Å²) in [4.78, 5) is 23.2. The van der Waals surface area contributed by atoms with Gasteiger partial charge < -0.3 is 19.1 Å². The Morgan fingerprint density at radius 2 is 1.58 bits per heavy atom. The molecule has 0 rings (SSSR count). The van der Waals surface area contributed by atoms with Crippen LogP contribution in [-0.4, -0.2) is 52.6 Å². The maximum absolute atomic E-state index is 12.9. The average Bonchev–Trinajstić information content (AvgIpc) is 2.33.